The molecular formula is C20H21N3O4S. The topological polar surface area (TPSA) is 92.5 Å². The molecule has 146 valence electrons. The number of rotatable bonds is 5. The fourth-order valence-corrected chi connectivity index (χ4v) is 4.57. The first-order chi connectivity index (χ1) is 13.5. The van der Waals surface area contributed by atoms with Crippen LogP contribution >= 0.6 is 0 Å². The molecule has 1 amide bonds. The quantitative estimate of drug-likeness (QED) is 0.710. The van der Waals surface area contributed by atoms with Crippen molar-refractivity contribution >= 4 is 32.6 Å². The molecule has 0 unspecified atom stereocenters. The van der Waals surface area contributed by atoms with Crippen LogP contribution in [0.15, 0.2) is 51.9 Å². The normalized spacial score (nSPS) is 14.5. The molecule has 0 bridgehead atoms. The standard InChI is InChI=1S/C20H21N3O4S/c1-2-14-7-3-4-8-17(14)22-28(25,26)15-9-10-18-16(13-15)19(21-27-18)20(24)23-11-5-6-12-23/h3-4,7-10,13,22H,2,5-6,11-12H2,1H3. The van der Waals surface area contributed by atoms with E-state index in [1.807, 2.05) is 19.1 Å². The highest BCUT2D eigenvalue weighted by atomic mass is 32.2. The molecule has 1 aromatic heterocycles. The van der Waals surface area contributed by atoms with Crippen LogP contribution in [-0.4, -0.2) is 37.5 Å². The van der Waals surface area contributed by atoms with E-state index < -0.39 is 10.0 Å². The lowest BCUT2D eigenvalue weighted by molar-refractivity contribution is 0.0784. The fraction of sp³-hybridized carbons (Fsp3) is 0.300. The Labute approximate surface area is 163 Å². The van der Waals surface area contributed by atoms with Crippen LogP contribution in [0.5, 0.6) is 0 Å². The molecule has 0 radical (unpaired) electrons. The number of likely N-dealkylation sites (tertiary alicyclic amines) is 1. The molecule has 8 heteroatoms. The summed E-state index contributed by atoms with van der Waals surface area (Å²) in [6.45, 7) is 3.33. The van der Waals surface area contributed by atoms with E-state index in [0.29, 0.717) is 36.2 Å². The molecule has 1 saturated heterocycles. The number of para-hydroxylation sites is 1. The van der Waals surface area contributed by atoms with E-state index in [-0.39, 0.29) is 16.5 Å². The van der Waals surface area contributed by atoms with E-state index in [1.54, 1.807) is 17.0 Å². The number of nitrogens with zero attached hydrogens (tertiary/aromatic N) is 2. The van der Waals surface area contributed by atoms with Gasteiger partial charge in [0.1, 0.15) is 0 Å². The van der Waals surface area contributed by atoms with Crippen molar-refractivity contribution in [3.63, 3.8) is 0 Å². The molecule has 0 spiro atoms. The molecule has 1 N–H and O–H groups in total. The molecule has 1 aliphatic rings. The summed E-state index contributed by atoms with van der Waals surface area (Å²) in [6.07, 6.45) is 2.63. The Morgan fingerprint density at radius 3 is 2.68 bits per heavy atom. The number of amides is 1. The highest BCUT2D eigenvalue weighted by Crippen LogP contribution is 2.26. The minimum atomic E-state index is -3.82. The molecule has 2 aromatic carbocycles. The van der Waals surface area contributed by atoms with Crippen LogP contribution in [0.3, 0.4) is 0 Å². The Kier molecular flexibility index (Phi) is 4.80. The fourth-order valence-electron chi connectivity index (χ4n) is 3.44. The Bertz CT molecular complexity index is 1130. The van der Waals surface area contributed by atoms with E-state index >= 15 is 0 Å². The highest BCUT2D eigenvalue weighted by Gasteiger charge is 2.26. The van der Waals surface area contributed by atoms with Crippen molar-refractivity contribution in [3.8, 4) is 0 Å². The zero-order valence-electron chi connectivity index (χ0n) is 15.5. The maximum absolute atomic E-state index is 12.9. The summed E-state index contributed by atoms with van der Waals surface area (Å²) in [5.74, 6) is -0.227. The van der Waals surface area contributed by atoms with Crippen molar-refractivity contribution in [2.24, 2.45) is 0 Å². The van der Waals surface area contributed by atoms with Gasteiger partial charge in [-0.05, 0) is 49.1 Å². The van der Waals surface area contributed by atoms with Gasteiger partial charge in [0.15, 0.2) is 11.3 Å². The van der Waals surface area contributed by atoms with Crippen LogP contribution in [0, 0.1) is 0 Å². The van der Waals surface area contributed by atoms with Gasteiger partial charge >= 0.3 is 0 Å². The predicted molar refractivity (Wildman–Crippen MR) is 106 cm³/mol. The zero-order valence-corrected chi connectivity index (χ0v) is 16.3. The van der Waals surface area contributed by atoms with Crippen LogP contribution in [0.2, 0.25) is 0 Å². The van der Waals surface area contributed by atoms with Gasteiger partial charge in [0.05, 0.1) is 16.0 Å². The molecule has 0 atom stereocenters. The van der Waals surface area contributed by atoms with E-state index in [9.17, 15) is 13.2 Å². The lowest BCUT2D eigenvalue weighted by atomic mass is 10.1. The number of fused-ring (bicyclic) bond motifs is 1. The third-order valence-corrected chi connectivity index (χ3v) is 6.35. The number of carbonyl (C=O) groups is 1. The average Bonchev–Trinajstić information content (AvgIpc) is 3.37. The average molecular weight is 399 g/mol. The van der Waals surface area contributed by atoms with Crippen molar-refractivity contribution in [2.45, 2.75) is 31.1 Å². The largest absolute Gasteiger partial charge is 0.355 e. The molecule has 1 aliphatic heterocycles. The van der Waals surface area contributed by atoms with Crippen molar-refractivity contribution in [2.75, 3.05) is 17.8 Å². The number of hydrogen-bond acceptors (Lipinski definition) is 5. The molecule has 7 nitrogen and oxygen atoms in total. The van der Waals surface area contributed by atoms with Crippen molar-refractivity contribution < 1.29 is 17.7 Å². The second-order valence-corrected chi connectivity index (χ2v) is 8.49. The number of carbonyl (C=O) groups excluding carboxylic acids is 1. The molecule has 1 fully saturated rings. The summed E-state index contributed by atoms with van der Waals surface area (Å²) >= 11 is 0. The number of nitrogens with one attached hydrogen (secondary N) is 1. The van der Waals surface area contributed by atoms with Crippen molar-refractivity contribution in [3.05, 3.63) is 53.7 Å². The highest BCUT2D eigenvalue weighted by molar-refractivity contribution is 7.92. The van der Waals surface area contributed by atoms with E-state index in [0.717, 1.165) is 18.4 Å². The second kappa shape index (κ2) is 7.27. The predicted octanol–water partition coefficient (Wildman–Crippen LogP) is 3.43. The number of anilines is 1. The molecule has 0 aliphatic carbocycles. The molecular weight excluding hydrogens is 378 g/mol. The van der Waals surface area contributed by atoms with Crippen LogP contribution in [-0.2, 0) is 16.4 Å². The molecule has 4 rings (SSSR count). The lowest BCUT2D eigenvalue weighted by Crippen LogP contribution is -2.28. The maximum atomic E-state index is 12.9. The van der Waals surface area contributed by atoms with Crippen molar-refractivity contribution in [1.29, 1.82) is 0 Å². The Morgan fingerprint density at radius 1 is 1.18 bits per heavy atom. The van der Waals surface area contributed by atoms with E-state index in [2.05, 4.69) is 9.88 Å². The summed E-state index contributed by atoms with van der Waals surface area (Å²) in [7, 11) is -3.82. The lowest BCUT2D eigenvalue weighted by Gasteiger charge is -2.13. The minimum absolute atomic E-state index is 0.0598. The van der Waals surface area contributed by atoms with Crippen LogP contribution in [0.1, 0.15) is 35.8 Å². The summed E-state index contributed by atoms with van der Waals surface area (Å²) in [6, 6.07) is 11.7. The van der Waals surface area contributed by atoms with Crippen molar-refractivity contribution in [1.82, 2.24) is 10.1 Å². The van der Waals surface area contributed by atoms with Gasteiger partial charge < -0.3 is 9.42 Å². The van der Waals surface area contributed by atoms with E-state index in [1.165, 1.54) is 18.2 Å². The third-order valence-electron chi connectivity index (χ3n) is 4.99. The van der Waals surface area contributed by atoms with Gasteiger partial charge in [-0.25, -0.2) is 8.42 Å². The van der Waals surface area contributed by atoms with Gasteiger partial charge in [-0.1, -0.05) is 30.3 Å². The number of hydrogen-bond donors (Lipinski definition) is 1. The first-order valence-electron chi connectivity index (χ1n) is 9.29. The Balaban J connectivity index is 1.70. The van der Waals surface area contributed by atoms with Crippen LogP contribution in [0.4, 0.5) is 5.69 Å². The monoisotopic (exact) mass is 399 g/mol. The summed E-state index contributed by atoms with van der Waals surface area (Å²) in [5, 5.41) is 4.30. The van der Waals surface area contributed by atoms with Gasteiger partial charge in [0.25, 0.3) is 15.9 Å². The summed E-state index contributed by atoms with van der Waals surface area (Å²) in [4.78, 5) is 14.5. The number of sulfonamides is 1. The van der Waals surface area contributed by atoms with Crippen LogP contribution in [0.25, 0.3) is 11.0 Å². The SMILES string of the molecule is CCc1ccccc1NS(=O)(=O)c1ccc2onc(C(=O)N3CCCC3)c2c1. The smallest absolute Gasteiger partial charge is 0.276 e. The van der Waals surface area contributed by atoms with E-state index in [4.69, 9.17) is 4.52 Å². The number of aryl methyl sites for hydroxylation is 1. The van der Waals surface area contributed by atoms with Gasteiger partial charge in [-0.3, -0.25) is 9.52 Å². The molecule has 28 heavy (non-hydrogen) atoms. The van der Waals surface area contributed by atoms with Gasteiger partial charge in [0.2, 0.25) is 0 Å². The zero-order chi connectivity index (χ0) is 19.7. The van der Waals surface area contributed by atoms with Crippen LogP contribution < -0.4 is 4.72 Å². The molecule has 3 aromatic rings. The van der Waals surface area contributed by atoms with Gasteiger partial charge in [-0.2, -0.15) is 0 Å². The number of benzene rings is 2. The third kappa shape index (κ3) is 3.35. The number of aromatic nitrogens is 1. The van der Waals surface area contributed by atoms with Gasteiger partial charge in [0, 0.05) is 13.1 Å². The first-order valence-corrected chi connectivity index (χ1v) is 10.8. The minimum Gasteiger partial charge on any atom is -0.355 e. The second-order valence-electron chi connectivity index (χ2n) is 6.80. The molecule has 0 saturated carbocycles. The summed E-state index contributed by atoms with van der Waals surface area (Å²) in [5.41, 5.74) is 1.99. The van der Waals surface area contributed by atoms with Gasteiger partial charge in [-0.15, -0.1) is 0 Å². The Morgan fingerprint density at radius 2 is 1.93 bits per heavy atom. The molecule has 2 heterocycles. The summed E-state index contributed by atoms with van der Waals surface area (Å²) < 4.78 is 33.7. The maximum Gasteiger partial charge on any atom is 0.276 e. The first kappa shape index (κ1) is 18.5. The Hall–Kier alpha value is -2.87.